The quantitative estimate of drug-likeness (QED) is 0.674. The van der Waals surface area contributed by atoms with E-state index >= 15 is 0 Å². The van der Waals surface area contributed by atoms with Crippen LogP contribution in [0.1, 0.15) is 23.0 Å². The van der Waals surface area contributed by atoms with Gasteiger partial charge in [-0.05, 0) is 32.0 Å². The van der Waals surface area contributed by atoms with Crippen LogP contribution in [0.15, 0.2) is 28.9 Å². The Kier molecular flexibility index (Phi) is 4.96. The van der Waals surface area contributed by atoms with E-state index in [1.807, 2.05) is 13.0 Å². The molecule has 0 saturated carbocycles. The van der Waals surface area contributed by atoms with Crippen LogP contribution in [0.4, 0.5) is 4.79 Å². The summed E-state index contributed by atoms with van der Waals surface area (Å²) in [6.07, 6.45) is 1.24. The van der Waals surface area contributed by atoms with Gasteiger partial charge >= 0.3 is 6.09 Å². The average molecular weight is 397 g/mol. The minimum absolute atomic E-state index is 0.107. The molecule has 1 aliphatic heterocycles. The number of aromatic nitrogens is 3. The Labute approximate surface area is 167 Å². The molecule has 4 heterocycles. The van der Waals surface area contributed by atoms with Crippen molar-refractivity contribution in [2.75, 3.05) is 32.8 Å². The summed E-state index contributed by atoms with van der Waals surface area (Å²) in [7, 11) is 1.81. The summed E-state index contributed by atoms with van der Waals surface area (Å²) in [5.74, 6) is 0.483. The Morgan fingerprint density at radius 1 is 1.21 bits per heavy atom. The van der Waals surface area contributed by atoms with Crippen molar-refractivity contribution < 1.29 is 18.7 Å². The van der Waals surface area contributed by atoms with Crippen molar-refractivity contribution in [1.82, 2.24) is 24.6 Å². The lowest BCUT2D eigenvalue weighted by Crippen LogP contribution is -2.50. The first kappa shape index (κ1) is 19.0. The molecule has 1 saturated heterocycles. The zero-order chi connectivity index (χ0) is 20.5. The van der Waals surface area contributed by atoms with E-state index in [9.17, 15) is 9.59 Å². The molecule has 0 N–H and O–H groups in total. The van der Waals surface area contributed by atoms with Gasteiger partial charge in [0.15, 0.2) is 11.4 Å². The average Bonchev–Trinajstić information content (AvgIpc) is 3.36. The summed E-state index contributed by atoms with van der Waals surface area (Å²) >= 11 is 0. The number of hydrogen-bond donors (Lipinski definition) is 0. The number of piperazine rings is 1. The molecule has 2 amide bonds. The van der Waals surface area contributed by atoms with Crippen LogP contribution in [0.3, 0.4) is 0 Å². The lowest BCUT2D eigenvalue weighted by atomic mass is 10.1. The molecule has 0 aromatic carbocycles. The van der Waals surface area contributed by atoms with Gasteiger partial charge in [0.05, 0.1) is 29.5 Å². The molecular formula is C20H23N5O4. The molecule has 0 unspecified atom stereocenters. The Bertz CT molecular complexity index is 1050. The zero-order valence-corrected chi connectivity index (χ0v) is 16.7. The highest BCUT2D eigenvalue weighted by atomic mass is 16.6. The van der Waals surface area contributed by atoms with Crippen LogP contribution in [0.25, 0.3) is 22.5 Å². The van der Waals surface area contributed by atoms with Gasteiger partial charge in [0, 0.05) is 33.2 Å². The highest BCUT2D eigenvalue weighted by Crippen LogP contribution is 2.28. The van der Waals surface area contributed by atoms with Crippen LogP contribution in [-0.2, 0) is 11.8 Å². The van der Waals surface area contributed by atoms with Crippen molar-refractivity contribution in [2.24, 2.45) is 7.05 Å². The van der Waals surface area contributed by atoms with Gasteiger partial charge in [0.25, 0.3) is 5.91 Å². The van der Waals surface area contributed by atoms with E-state index in [1.54, 1.807) is 46.8 Å². The topological polar surface area (TPSA) is 93.7 Å². The number of nitrogens with zero attached hydrogens (tertiary/aromatic N) is 5. The number of ether oxygens (including phenoxy) is 1. The number of aryl methyl sites for hydroxylation is 2. The van der Waals surface area contributed by atoms with E-state index in [1.165, 1.54) is 0 Å². The van der Waals surface area contributed by atoms with E-state index in [0.717, 1.165) is 11.1 Å². The fourth-order valence-electron chi connectivity index (χ4n) is 3.64. The third-order valence-corrected chi connectivity index (χ3v) is 5.07. The highest BCUT2D eigenvalue weighted by Gasteiger charge is 2.28. The summed E-state index contributed by atoms with van der Waals surface area (Å²) < 4.78 is 12.2. The molecule has 9 nitrogen and oxygen atoms in total. The molecule has 29 heavy (non-hydrogen) atoms. The van der Waals surface area contributed by atoms with Crippen molar-refractivity contribution in [2.45, 2.75) is 13.8 Å². The third-order valence-electron chi connectivity index (χ3n) is 5.07. The lowest BCUT2D eigenvalue weighted by Gasteiger charge is -2.34. The van der Waals surface area contributed by atoms with Gasteiger partial charge in [0.2, 0.25) is 0 Å². The van der Waals surface area contributed by atoms with E-state index < -0.39 is 0 Å². The smallest absolute Gasteiger partial charge is 0.409 e. The lowest BCUT2D eigenvalue weighted by molar-refractivity contribution is 0.0572. The normalized spacial score (nSPS) is 14.4. The number of carbonyl (C=O) groups is 2. The predicted octanol–water partition coefficient (Wildman–Crippen LogP) is 2.45. The number of furan rings is 1. The van der Waals surface area contributed by atoms with Gasteiger partial charge in [-0.3, -0.25) is 9.48 Å². The van der Waals surface area contributed by atoms with Crippen LogP contribution in [-0.4, -0.2) is 69.4 Å². The molecule has 1 fully saturated rings. The maximum atomic E-state index is 13.4. The van der Waals surface area contributed by atoms with Crippen LogP contribution in [0.2, 0.25) is 0 Å². The Morgan fingerprint density at radius 3 is 2.59 bits per heavy atom. The fourth-order valence-corrected chi connectivity index (χ4v) is 3.64. The number of pyridine rings is 1. The first-order valence-corrected chi connectivity index (χ1v) is 9.58. The molecule has 0 spiro atoms. The number of amides is 2. The SMILES string of the molecule is CCOC(=O)N1CCN(C(=O)c2cc(-c3ccco3)nc3c2c(C)nn3C)CC1. The highest BCUT2D eigenvalue weighted by molar-refractivity contribution is 6.07. The molecule has 3 aromatic heterocycles. The van der Waals surface area contributed by atoms with E-state index in [4.69, 9.17) is 9.15 Å². The molecular weight excluding hydrogens is 374 g/mol. The summed E-state index contributed by atoms with van der Waals surface area (Å²) in [6.45, 7) is 5.74. The first-order valence-electron chi connectivity index (χ1n) is 9.58. The van der Waals surface area contributed by atoms with E-state index in [2.05, 4.69) is 10.1 Å². The van der Waals surface area contributed by atoms with E-state index in [0.29, 0.717) is 55.5 Å². The summed E-state index contributed by atoms with van der Waals surface area (Å²) in [4.78, 5) is 33.3. The van der Waals surface area contributed by atoms with Gasteiger partial charge in [-0.1, -0.05) is 0 Å². The summed E-state index contributed by atoms with van der Waals surface area (Å²) in [6, 6.07) is 5.35. The predicted molar refractivity (Wildman–Crippen MR) is 105 cm³/mol. The summed E-state index contributed by atoms with van der Waals surface area (Å²) in [5.41, 5.74) is 2.50. The molecule has 9 heteroatoms. The minimum atomic E-state index is -0.339. The van der Waals surface area contributed by atoms with Crippen LogP contribution in [0.5, 0.6) is 0 Å². The molecule has 0 aliphatic carbocycles. The number of hydrogen-bond acceptors (Lipinski definition) is 6. The Morgan fingerprint density at radius 2 is 1.93 bits per heavy atom. The standard InChI is InChI=1S/C20H23N5O4/c1-4-28-20(27)25-9-7-24(8-10-25)19(26)14-12-15(16-6-5-11-29-16)21-18-17(14)13(2)22-23(18)3/h5-6,11-12H,4,7-10H2,1-3H3. The van der Waals surface area contributed by atoms with Gasteiger partial charge in [-0.25, -0.2) is 9.78 Å². The molecule has 0 atom stereocenters. The van der Waals surface area contributed by atoms with Crippen molar-refractivity contribution in [3.63, 3.8) is 0 Å². The largest absolute Gasteiger partial charge is 0.463 e. The molecule has 152 valence electrons. The second-order valence-electron chi connectivity index (χ2n) is 6.92. The summed E-state index contributed by atoms with van der Waals surface area (Å²) in [5, 5.41) is 5.18. The number of rotatable bonds is 3. The molecule has 0 radical (unpaired) electrons. The second kappa shape index (κ2) is 7.57. The maximum absolute atomic E-state index is 13.4. The van der Waals surface area contributed by atoms with Gasteiger partial charge in [-0.15, -0.1) is 0 Å². The maximum Gasteiger partial charge on any atom is 0.409 e. The van der Waals surface area contributed by atoms with Crippen molar-refractivity contribution in [3.05, 3.63) is 35.7 Å². The van der Waals surface area contributed by atoms with Crippen molar-refractivity contribution in [1.29, 1.82) is 0 Å². The first-order chi connectivity index (χ1) is 14.0. The van der Waals surface area contributed by atoms with Gasteiger partial charge in [-0.2, -0.15) is 5.10 Å². The van der Waals surface area contributed by atoms with Gasteiger partial charge in [0.1, 0.15) is 5.69 Å². The third kappa shape index (κ3) is 3.43. The van der Waals surface area contributed by atoms with Crippen LogP contribution in [0, 0.1) is 6.92 Å². The zero-order valence-electron chi connectivity index (χ0n) is 16.7. The number of fused-ring (bicyclic) bond motifs is 1. The Balaban J connectivity index is 1.66. The molecule has 1 aliphatic rings. The molecule has 4 rings (SSSR count). The van der Waals surface area contributed by atoms with Crippen LogP contribution < -0.4 is 0 Å². The molecule has 3 aromatic rings. The minimum Gasteiger partial charge on any atom is -0.463 e. The fraction of sp³-hybridized carbons (Fsp3) is 0.400. The monoisotopic (exact) mass is 397 g/mol. The van der Waals surface area contributed by atoms with Gasteiger partial charge < -0.3 is 19.0 Å². The van der Waals surface area contributed by atoms with Crippen LogP contribution >= 0.6 is 0 Å². The van der Waals surface area contributed by atoms with E-state index in [-0.39, 0.29) is 12.0 Å². The van der Waals surface area contributed by atoms with Crippen molar-refractivity contribution >= 4 is 23.0 Å². The number of carbonyl (C=O) groups excluding carboxylic acids is 2. The Hall–Kier alpha value is -3.36. The van der Waals surface area contributed by atoms with Crippen molar-refractivity contribution in [3.8, 4) is 11.5 Å². The molecule has 0 bridgehead atoms. The second-order valence-corrected chi connectivity index (χ2v) is 6.92.